The summed E-state index contributed by atoms with van der Waals surface area (Å²) in [6.07, 6.45) is 0. The van der Waals surface area contributed by atoms with E-state index in [-0.39, 0.29) is 16.9 Å². The Balaban J connectivity index is 1.59. The Morgan fingerprint density at radius 2 is 1.84 bits per heavy atom. The SMILES string of the molecule is COc1ccc(C(=O)NC(=S)Nc2ccc(N3CCN(C(C)=O)CC3)c(Cl)c2)cc1Br. The van der Waals surface area contributed by atoms with Gasteiger partial charge >= 0.3 is 0 Å². The van der Waals surface area contributed by atoms with Gasteiger partial charge in [0.05, 0.1) is 22.3 Å². The quantitative estimate of drug-likeness (QED) is 0.590. The van der Waals surface area contributed by atoms with E-state index in [2.05, 4.69) is 31.5 Å². The first-order chi connectivity index (χ1) is 14.8. The Morgan fingerprint density at radius 1 is 1.13 bits per heavy atom. The molecule has 164 valence electrons. The van der Waals surface area contributed by atoms with Gasteiger partial charge in [-0.3, -0.25) is 14.9 Å². The minimum atomic E-state index is -0.341. The van der Waals surface area contributed by atoms with Gasteiger partial charge in [-0.2, -0.15) is 0 Å². The van der Waals surface area contributed by atoms with E-state index in [1.165, 1.54) is 0 Å². The molecule has 3 rings (SSSR count). The van der Waals surface area contributed by atoms with Crippen LogP contribution in [0, 0.1) is 0 Å². The van der Waals surface area contributed by atoms with Crippen LogP contribution in [0.25, 0.3) is 0 Å². The fourth-order valence-corrected chi connectivity index (χ4v) is 4.30. The summed E-state index contributed by atoms with van der Waals surface area (Å²) < 4.78 is 5.84. The van der Waals surface area contributed by atoms with Crippen molar-refractivity contribution in [2.24, 2.45) is 0 Å². The maximum atomic E-state index is 12.4. The van der Waals surface area contributed by atoms with Crippen LogP contribution >= 0.6 is 39.7 Å². The third-order valence-electron chi connectivity index (χ3n) is 4.91. The molecule has 0 atom stereocenters. The van der Waals surface area contributed by atoms with Crippen molar-refractivity contribution >= 4 is 68.1 Å². The van der Waals surface area contributed by atoms with Crippen LogP contribution < -0.4 is 20.3 Å². The number of ether oxygens (including phenoxy) is 1. The van der Waals surface area contributed by atoms with Gasteiger partial charge in [-0.15, -0.1) is 0 Å². The number of piperazine rings is 1. The summed E-state index contributed by atoms with van der Waals surface area (Å²) in [5, 5.41) is 6.36. The summed E-state index contributed by atoms with van der Waals surface area (Å²) in [5.74, 6) is 0.379. The lowest BCUT2D eigenvalue weighted by Gasteiger charge is -2.36. The minimum absolute atomic E-state index is 0.0860. The molecule has 0 saturated carbocycles. The molecular weight excluding hydrogens is 504 g/mol. The summed E-state index contributed by atoms with van der Waals surface area (Å²) in [5.41, 5.74) is 2.00. The van der Waals surface area contributed by atoms with Crippen molar-refractivity contribution < 1.29 is 14.3 Å². The highest BCUT2D eigenvalue weighted by molar-refractivity contribution is 9.10. The molecule has 1 fully saturated rings. The smallest absolute Gasteiger partial charge is 0.257 e. The number of amides is 2. The third kappa shape index (κ3) is 5.87. The van der Waals surface area contributed by atoms with E-state index in [1.807, 2.05) is 17.0 Å². The first-order valence-corrected chi connectivity index (χ1v) is 11.1. The number of carbonyl (C=O) groups excluding carboxylic acids is 2. The van der Waals surface area contributed by atoms with E-state index in [9.17, 15) is 9.59 Å². The normalized spacial score (nSPS) is 13.5. The zero-order valence-electron chi connectivity index (χ0n) is 17.1. The topological polar surface area (TPSA) is 73.9 Å². The fraction of sp³-hybridized carbons (Fsp3) is 0.286. The Labute approximate surface area is 199 Å². The van der Waals surface area contributed by atoms with E-state index in [0.29, 0.717) is 39.6 Å². The number of halogens is 2. The molecule has 0 radical (unpaired) electrons. The standard InChI is InChI=1S/C21H22BrClN4O3S/c1-13(28)26-7-9-27(10-8-26)18-5-4-15(12-17(18)23)24-21(31)25-20(29)14-3-6-19(30-2)16(22)11-14/h3-6,11-12H,7-10H2,1-2H3,(H2,24,25,29,31). The van der Waals surface area contributed by atoms with Crippen LogP contribution in [0.2, 0.25) is 5.02 Å². The van der Waals surface area contributed by atoms with Crippen LogP contribution in [0.1, 0.15) is 17.3 Å². The largest absolute Gasteiger partial charge is 0.496 e. The highest BCUT2D eigenvalue weighted by Gasteiger charge is 2.20. The van der Waals surface area contributed by atoms with E-state index >= 15 is 0 Å². The summed E-state index contributed by atoms with van der Waals surface area (Å²) in [4.78, 5) is 27.9. The lowest BCUT2D eigenvalue weighted by Crippen LogP contribution is -2.48. The van der Waals surface area contributed by atoms with Crippen molar-refractivity contribution in [3.8, 4) is 5.75 Å². The second kappa shape index (κ2) is 10.3. The highest BCUT2D eigenvalue weighted by Crippen LogP contribution is 2.30. The average molecular weight is 526 g/mol. The van der Waals surface area contributed by atoms with Gasteiger partial charge < -0.3 is 19.9 Å². The van der Waals surface area contributed by atoms with Crippen LogP contribution in [0.15, 0.2) is 40.9 Å². The molecule has 1 saturated heterocycles. The van der Waals surface area contributed by atoms with Gasteiger partial charge in [-0.1, -0.05) is 11.6 Å². The molecule has 10 heteroatoms. The molecule has 0 unspecified atom stereocenters. The number of methoxy groups -OCH3 is 1. The molecule has 2 aromatic rings. The Bertz CT molecular complexity index is 1010. The number of anilines is 2. The highest BCUT2D eigenvalue weighted by atomic mass is 79.9. The predicted molar refractivity (Wildman–Crippen MR) is 130 cm³/mol. The lowest BCUT2D eigenvalue weighted by molar-refractivity contribution is -0.129. The van der Waals surface area contributed by atoms with Gasteiger partial charge in [-0.05, 0) is 64.5 Å². The number of rotatable bonds is 4. The molecule has 2 amide bonds. The molecule has 0 aliphatic carbocycles. The van der Waals surface area contributed by atoms with Gasteiger partial charge in [0, 0.05) is 44.4 Å². The van der Waals surface area contributed by atoms with Crippen molar-refractivity contribution in [3.05, 3.63) is 51.5 Å². The van der Waals surface area contributed by atoms with Crippen LogP contribution in [-0.2, 0) is 4.79 Å². The van der Waals surface area contributed by atoms with Gasteiger partial charge in [-0.25, -0.2) is 0 Å². The van der Waals surface area contributed by atoms with Gasteiger partial charge in [0.25, 0.3) is 5.91 Å². The molecule has 1 aliphatic heterocycles. The first-order valence-electron chi connectivity index (χ1n) is 9.54. The fourth-order valence-electron chi connectivity index (χ4n) is 3.25. The lowest BCUT2D eigenvalue weighted by atomic mass is 10.2. The third-order valence-corrected chi connectivity index (χ3v) is 6.04. The summed E-state index contributed by atoms with van der Waals surface area (Å²) >= 11 is 15.1. The molecule has 0 spiro atoms. The Kier molecular flexibility index (Phi) is 7.74. The molecular formula is C21H22BrClN4O3S. The zero-order chi connectivity index (χ0) is 22.5. The van der Waals surface area contributed by atoms with Crippen molar-refractivity contribution in [3.63, 3.8) is 0 Å². The van der Waals surface area contributed by atoms with Crippen LogP contribution in [0.4, 0.5) is 11.4 Å². The number of hydrogen-bond acceptors (Lipinski definition) is 5. The van der Waals surface area contributed by atoms with E-state index in [0.717, 1.165) is 18.8 Å². The first kappa shape index (κ1) is 23.3. The predicted octanol–water partition coefficient (Wildman–Crippen LogP) is 3.91. The van der Waals surface area contributed by atoms with Crippen LogP contribution in [0.3, 0.4) is 0 Å². The molecule has 31 heavy (non-hydrogen) atoms. The monoisotopic (exact) mass is 524 g/mol. The second-order valence-electron chi connectivity index (χ2n) is 6.92. The maximum Gasteiger partial charge on any atom is 0.257 e. The van der Waals surface area contributed by atoms with Crippen molar-refractivity contribution in [1.29, 1.82) is 0 Å². The molecule has 0 aromatic heterocycles. The Morgan fingerprint density at radius 3 is 2.42 bits per heavy atom. The molecule has 2 N–H and O–H groups in total. The summed E-state index contributed by atoms with van der Waals surface area (Å²) in [6.45, 7) is 4.36. The van der Waals surface area contributed by atoms with E-state index in [1.54, 1.807) is 38.3 Å². The number of nitrogens with zero attached hydrogens (tertiary/aromatic N) is 2. The molecule has 1 aliphatic rings. The molecule has 0 bridgehead atoms. The van der Waals surface area contributed by atoms with Gasteiger partial charge in [0.15, 0.2) is 5.11 Å². The summed E-state index contributed by atoms with van der Waals surface area (Å²) in [7, 11) is 1.56. The number of thiocarbonyl (C=S) groups is 1. The second-order valence-corrected chi connectivity index (χ2v) is 8.59. The molecule has 7 nitrogen and oxygen atoms in total. The number of hydrogen-bond donors (Lipinski definition) is 2. The zero-order valence-corrected chi connectivity index (χ0v) is 20.2. The van der Waals surface area contributed by atoms with E-state index in [4.69, 9.17) is 28.6 Å². The number of carbonyl (C=O) groups is 2. The van der Waals surface area contributed by atoms with Gasteiger partial charge in [0.1, 0.15) is 5.75 Å². The molecule has 2 aromatic carbocycles. The Hall–Kier alpha value is -2.36. The van der Waals surface area contributed by atoms with Crippen molar-refractivity contribution in [1.82, 2.24) is 10.2 Å². The van der Waals surface area contributed by atoms with Crippen molar-refractivity contribution in [2.75, 3.05) is 43.5 Å². The maximum absolute atomic E-state index is 12.4. The van der Waals surface area contributed by atoms with Crippen molar-refractivity contribution in [2.45, 2.75) is 6.92 Å². The number of nitrogens with one attached hydrogen (secondary N) is 2. The van der Waals surface area contributed by atoms with Crippen LogP contribution in [0.5, 0.6) is 5.75 Å². The summed E-state index contributed by atoms with van der Waals surface area (Å²) in [6, 6.07) is 10.5. The minimum Gasteiger partial charge on any atom is -0.496 e. The van der Waals surface area contributed by atoms with Gasteiger partial charge in [0.2, 0.25) is 5.91 Å². The van der Waals surface area contributed by atoms with Crippen LogP contribution in [-0.4, -0.2) is 55.1 Å². The average Bonchev–Trinajstić information content (AvgIpc) is 2.73. The van der Waals surface area contributed by atoms with E-state index < -0.39 is 0 Å². The number of benzene rings is 2. The molecule has 1 heterocycles.